The number of nitrogens with two attached hydrogens (primary N) is 1. The van der Waals surface area contributed by atoms with Crippen LogP contribution in [0, 0.1) is 0 Å². The monoisotopic (exact) mass is 355 g/mol. The van der Waals surface area contributed by atoms with E-state index in [0.717, 1.165) is 17.9 Å². The average Bonchev–Trinajstić information content (AvgIpc) is 2.60. The number of hydrazine groups is 1. The van der Waals surface area contributed by atoms with E-state index in [1.165, 1.54) is 89.9 Å². The summed E-state index contributed by atoms with van der Waals surface area (Å²) in [6, 6.07) is -0.758. The lowest BCUT2D eigenvalue weighted by atomic mass is 10.0. The number of carbonyl (C=O) groups excluding carboxylic acids is 2. The highest BCUT2D eigenvalue weighted by Crippen LogP contribution is 2.13. The average molecular weight is 356 g/mol. The van der Waals surface area contributed by atoms with Crippen molar-refractivity contribution >= 4 is 12.4 Å². The lowest BCUT2D eigenvalue weighted by Crippen LogP contribution is -2.45. The fraction of sp³-hybridized carbons (Fsp3) is 0.900. The predicted molar refractivity (Wildman–Crippen MR) is 105 cm³/mol. The van der Waals surface area contributed by atoms with Crippen LogP contribution in [0.3, 0.4) is 0 Å². The van der Waals surface area contributed by atoms with E-state index in [2.05, 4.69) is 12.3 Å². The largest absolute Gasteiger partial charge is 0.350 e. The maximum atomic E-state index is 10.8. The van der Waals surface area contributed by atoms with Crippen LogP contribution >= 0.6 is 0 Å². The molecule has 5 heteroatoms. The molecule has 0 fully saturated rings. The summed E-state index contributed by atoms with van der Waals surface area (Å²) < 4.78 is 0. The molecule has 3 N–H and O–H groups in total. The third-order valence-corrected chi connectivity index (χ3v) is 4.66. The maximum Gasteiger partial charge on any atom is 0.336 e. The molecule has 0 aliphatic heterocycles. The summed E-state index contributed by atoms with van der Waals surface area (Å²) in [4.78, 5) is 21.3. The molecular weight excluding hydrogens is 314 g/mol. The van der Waals surface area contributed by atoms with E-state index in [1.54, 1.807) is 0 Å². The highest BCUT2D eigenvalue weighted by Gasteiger charge is 2.05. The fourth-order valence-electron chi connectivity index (χ4n) is 3.04. The molecular formula is C20H41N3O2. The summed E-state index contributed by atoms with van der Waals surface area (Å²) in [5.41, 5.74) is 7.72. The van der Waals surface area contributed by atoms with Gasteiger partial charge in [-0.1, -0.05) is 103 Å². The Morgan fingerprint density at radius 3 is 1.44 bits per heavy atom. The lowest BCUT2D eigenvalue weighted by Gasteiger charge is -2.13. The number of urea groups is 1. The van der Waals surface area contributed by atoms with Crippen molar-refractivity contribution < 1.29 is 9.59 Å². The summed E-state index contributed by atoms with van der Waals surface area (Å²) in [5, 5.41) is 0.797. The van der Waals surface area contributed by atoms with Gasteiger partial charge in [-0.15, -0.1) is 0 Å². The van der Waals surface area contributed by atoms with Crippen LogP contribution in [-0.2, 0) is 4.79 Å². The van der Waals surface area contributed by atoms with Crippen molar-refractivity contribution in [2.75, 3.05) is 6.54 Å². The molecule has 0 atom stereocenters. The van der Waals surface area contributed by atoms with Gasteiger partial charge in [0, 0.05) is 6.54 Å². The second kappa shape index (κ2) is 19.2. The highest BCUT2D eigenvalue weighted by atomic mass is 16.2. The molecule has 0 aliphatic rings. The summed E-state index contributed by atoms with van der Waals surface area (Å²) in [5.74, 6) is 0. The molecule has 0 unspecified atom stereocenters. The predicted octanol–water partition coefficient (Wildman–Crippen LogP) is 5.29. The molecule has 0 aromatic rings. The van der Waals surface area contributed by atoms with Crippen LogP contribution in [0.2, 0.25) is 0 Å². The topological polar surface area (TPSA) is 75.4 Å². The summed E-state index contributed by atoms with van der Waals surface area (Å²) >= 11 is 0. The number of rotatable bonds is 19. The van der Waals surface area contributed by atoms with E-state index in [4.69, 9.17) is 5.73 Å². The van der Waals surface area contributed by atoms with Crippen molar-refractivity contribution in [3.8, 4) is 0 Å². The molecule has 148 valence electrons. The molecule has 0 spiro atoms. The third kappa shape index (κ3) is 17.5. The Hall–Kier alpha value is -1.10. The summed E-state index contributed by atoms with van der Waals surface area (Å²) in [6.07, 6.45) is 21.7. The Bertz CT molecular complexity index is 311. The number of primary amides is 1. The third-order valence-electron chi connectivity index (χ3n) is 4.66. The van der Waals surface area contributed by atoms with Crippen LogP contribution in [0.1, 0.15) is 110 Å². The van der Waals surface area contributed by atoms with Gasteiger partial charge in [-0.25, -0.2) is 10.2 Å². The van der Waals surface area contributed by atoms with Gasteiger partial charge in [-0.2, -0.15) is 5.01 Å². The van der Waals surface area contributed by atoms with Gasteiger partial charge in [0.15, 0.2) is 0 Å². The van der Waals surface area contributed by atoms with E-state index in [-0.39, 0.29) is 0 Å². The number of unbranched alkanes of at least 4 members (excludes halogenated alkanes) is 15. The van der Waals surface area contributed by atoms with Crippen LogP contribution < -0.4 is 11.2 Å². The molecule has 3 amide bonds. The summed E-state index contributed by atoms with van der Waals surface area (Å²) in [6.45, 7) is 2.88. The van der Waals surface area contributed by atoms with Crippen LogP contribution in [-0.4, -0.2) is 24.0 Å². The first kappa shape index (κ1) is 23.9. The van der Waals surface area contributed by atoms with E-state index in [1.807, 2.05) is 0 Å². The minimum Gasteiger partial charge on any atom is -0.350 e. The molecule has 0 radical (unpaired) electrons. The van der Waals surface area contributed by atoms with Crippen molar-refractivity contribution in [3.05, 3.63) is 0 Å². The standard InChI is InChI=1S/C20H41N3O2/c1-2-3-4-5-6-7-8-9-10-11-12-13-14-15-16-17-18-22-23(19-24)20(21)25/h19,22H,2-18H2,1H3,(H2,21,25). The highest BCUT2D eigenvalue weighted by molar-refractivity contribution is 5.82. The Morgan fingerprint density at radius 2 is 1.12 bits per heavy atom. The number of carbonyl (C=O) groups is 2. The first-order valence-corrected chi connectivity index (χ1v) is 10.5. The van der Waals surface area contributed by atoms with Crippen molar-refractivity contribution in [1.82, 2.24) is 10.4 Å². The molecule has 0 rings (SSSR count). The quantitative estimate of drug-likeness (QED) is 0.188. The number of hydrogen-bond donors (Lipinski definition) is 2. The zero-order valence-electron chi connectivity index (χ0n) is 16.4. The van der Waals surface area contributed by atoms with Gasteiger partial charge in [-0.05, 0) is 6.42 Å². The van der Waals surface area contributed by atoms with Gasteiger partial charge in [0.25, 0.3) is 0 Å². The molecule has 0 aromatic carbocycles. The number of nitrogens with one attached hydrogen (secondary N) is 1. The van der Waals surface area contributed by atoms with Crippen molar-refractivity contribution in [1.29, 1.82) is 0 Å². The molecule has 0 aromatic heterocycles. The number of amides is 3. The van der Waals surface area contributed by atoms with Gasteiger partial charge in [-0.3, -0.25) is 4.79 Å². The van der Waals surface area contributed by atoms with Crippen molar-refractivity contribution in [2.24, 2.45) is 5.73 Å². The smallest absolute Gasteiger partial charge is 0.336 e. The Morgan fingerprint density at radius 1 is 0.760 bits per heavy atom. The number of nitrogens with zero attached hydrogens (tertiary/aromatic N) is 1. The number of imide groups is 1. The minimum atomic E-state index is -0.758. The van der Waals surface area contributed by atoms with E-state index < -0.39 is 6.03 Å². The fourth-order valence-corrected chi connectivity index (χ4v) is 3.04. The van der Waals surface area contributed by atoms with Gasteiger partial charge < -0.3 is 5.73 Å². The number of hydrogen-bond acceptors (Lipinski definition) is 3. The molecule has 0 saturated heterocycles. The normalized spacial score (nSPS) is 10.8. The Kier molecular flexibility index (Phi) is 18.4. The molecule has 25 heavy (non-hydrogen) atoms. The van der Waals surface area contributed by atoms with Crippen LogP contribution in [0.25, 0.3) is 0 Å². The minimum absolute atomic E-state index is 0.412. The first-order chi connectivity index (χ1) is 12.2. The second-order valence-corrected chi connectivity index (χ2v) is 7.03. The van der Waals surface area contributed by atoms with Gasteiger partial charge in [0.05, 0.1) is 0 Å². The lowest BCUT2D eigenvalue weighted by molar-refractivity contribution is -0.117. The van der Waals surface area contributed by atoms with Gasteiger partial charge in [0.2, 0.25) is 6.41 Å². The van der Waals surface area contributed by atoms with Gasteiger partial charge >= 0.3 is 6.03 Å². The van der Waals surface area contributed by atoms with E-state index in [9.17, 15) is 9.59 Å². The zero-order valence-corrected chi connectivity index (χ0v) is 16.4. The molecule has 5 nitrogen and oxygen atoms in total. The van der Waals surface area contributed by atoms with Crippen molar-refractivity contribution in [2.45, 2.75) is 110 Å². The Balaban J connectivity index is 3.12. The zero-order chi connectivity index (χ0) is 18.6. The van der Waals surface area contributed by atoms with Crippen LogP contribution in [0.4, 0.5) is 4.79 Å². The first-order valence-electron chi connectivity index (χ1n) is 10.5. The summed E-state index contributed by atoms with van der Waals surface area (Å²) in [7, 11) is 0. The van der Waals surface area contributed by atoms with E-state index in [0.29, 0.717) is 13.0 Å². The Labute approximate surface area is 155 Å². The van der Waals surface area contributed by atoms with Crippen molar-refractivity contribution in [3.63, 3.8) is 0 Å². The molecule has 0 bridgehead atoms. The maximum absolute atomic E-state index is 10.8. The molecule has 0 saturated carbocycles. The van der Waals surface area contributed by atoms with Gasteiger partial charge in [0.1, 0.15) is 0 Å². The SMILES string of the molecule is CCCCCCCCCCCCCCCCCCNN(C=O)C(N)=O. The van der Waals surface area contributed by atoms with Crippen LogP contribution in [0.15, 0.2) is 0 Å². The van der Waals surface area contributed by atoms with E-state index >= 15 is 0 Å². The molecule has 0 heterocycles. The second-order valence-electron chi connectivity index (χ2n) is 7.03. The molecule has 0 aliphatic carbocycles. The van der Waals surface area contributed by atoms with Crippen LogP contribution in [0.5, 0.6) is 0 Å².